The highest BCUT2D eigenvalue weighted by Crippen LogP contribution is 2.24. The molecule has 0 atom stereocenters. The van der Waals surface area contributed by atoms with Crippen LogP contribution in [0.4, 0.5) is 0 Å². The molecule has 2 aromatic rings. The Balaban J connectivity index is 1.83. The van der Waals surface area contributed by atoms with Crippen LogP contribution in [0, 0.1) is 0 Å². The summed E-state index contributed by atoms with van der Waals surface area (Å²) in [5.74, 6) is -0.906. The van der Waals surface area contributed by atoms with Crippen LogP contribution in [0.3, 0.4) is 0 Å². The molecule has 0 aliphatic carbocycles. The monoisotopic (exact) mass is 271 g/mol. The summed E-state index contributed by atoms with van der Waals surface area (Å²) >= 11 is 0. The second kappa shape index (κ2) is 5.09. The fraction of sp³-hybridized carbons (Fsp3) is 0.333. The summed E-state index contributed by atoms with van der Waals surface area (Å²) in [5, 5.41) is 13.4. The first-order valence-corrected chi connectivity index (χ1v) is 6.76. The lowest BCUT2D eigenvalue weighted by Gasteiger charge is -2.16. The fourth-order valence-corrected chi connectivity index (χ4v) is 2.76. The van der Waals surface area contributed by atoms with Gasteiger partial charge in [0.05, 0.1) is 11.9 Å². The van der Waals surface area contributed by atoms with E-state index in [-0.39, 0.29) is 0 Å². The van der Waals surface area contributed by atoms with E-state index in [4.69, 9.17) is 0 Å². The third-order valence-corrected chi connectivity index (χ3v) is 3.76. The molecule has 3 rings (SSSR count). The summed E-state index contributed by atoms with van der Waals surface area (Å²) in [4.78, 5) is 13.5. The van der Waals surface area contributed by atoms with Crippen LogP contribution in [0.1, 0.15) is 34.1 Å². The number of hydrogen-bond acceptors (Lipinski definition) is 3. The third-order valence-electron chi connectivity index (χ3n) is 3.76. The zero-order valence-electron chi connectivity index (χ0n) is 11.4. The summed E-state index contributed by atoms with van der Waals surface area (Å²) in [6.07, 6.45) is 1.45. The Morgan fingerprint density at radius 2 is 1.95 bits per heavy atom. The van der Waals surface area contributed by atoms with Crippen LogP contribution in [0.5, 0.6) is 0 Å². The Labute approximate surface area is 117 Å². The Hall–Kier alpha value is -2.14. The van der Waals surface area contributed by atoms with Gasteiger partial charge in [-0.2, -0.15) is 5.10 Å². The standard InChI is InChI=1S/C15H17N3O2/c1-2-18-14(13(7-16-18)15(19)20)10-17-8-11-5-3-4-6-12(11)9-17/h3-7H,2,8-10H2,1H3,(H,19,20). The number of carboxylic acid groups (broad SMARTS) is 1. The first-order chi connectivity index (χ1) is 9.69. The largest absolute Gasteiger partial charge is 0.478 e. The van der Waals surface area contributed by atoms with Crippen LogP contribution in [0.2, 0.25) is 0 Å². The Morgan fingerprint density at radius 1 is 1.30 bits per heavy atom. The van der Waals surface area contributed by atoms with Crippen LogP contribution < -0.4 is 0 Å². The van der Waals surface area contributed by atoms with Crippen LogP contribution in [0.25, 0.3) is 0 Å². The van der Waals surface area contributed by atoms with Gasteiger partial charge < -0.3 is 5.11 Å². The average Bonchev–Trinajstić information content (AvgIpc) is 3.01. The van der Waals surface area contributed by atoms with Crippen molar-refractivity contribution in [3.63, 3.8) is 0 Å². The molecular formula is C15H17N3O2. The summed E-state index contributed by atoms with van der Waals surface area (Å²) in [6, 6.07) is 8.34. The Morgan fingerprint density at radius 3 is 2.50 bits per heavy atom. The highest BCUT2D eigenvalue weighted by Gasteiger charge is 2.23. The van der Waals surface area contributed by atoms with E-state index in [9.17, 15) is 9.90 Å². The maximum Gasteiger partial charge on any atom is 0.339 e. The van der Waals surface area contributed by atoms with Gasteiger partial charge in [0.2, 0.25) is 0 Å². The molecule has 1 aromatic carbocycles. The van der Waals surface area contributed by atoms with Gasteiger partial charge in [0.25, 0.3) is 0 Å². The number of benzene rings is 1. The molecular weight excluding hydrogens is 254 g/mol. The smallest absolute Gasteiger partial charge is 0.339 e. The molecule has 0 amide bonds. The molecule has 0 radical (unpaired) electrons. The van der Waals surface area contributed by atoms with Crippen molar-refractivity contribution < 1.29 is 9.90 Å². The van der Waals surface area contributed by atoms with Crippen molar-refractivity contribution >= 4 is 5.97 Å². The van der Waals surface area contributed by atoms with E-state index >= 15 is 0 Å². The minimum Gasteiger partial charge on any atom is -0.478 e. The number of hydrogen-bond donors (Lipinski definition) is 1. The van der Waals surface area contributed by atoms with E-state index < -0.39 is 5.97 Å². The van der Waals surface area contributed by atoms with E-state index in [2.05, 4.69) is 22.1 Å². The summed E-state index contributed by atoms with van der Waals surface area (Å²) in [6.45, 7) is 5.00. The van der Waals surface area contributed by atoms with Crippen LogP contribution in [-0.4, -0.2) is 25.8 Å². The van der Waals surface area contributed by atoms with E-state index in [1.165, 1.54) is 17.3 Å². The van der Waals surface area contributed by atoms with Gasteiger partial charge in [-0.15, -0.1) is 0 Å². The normalized spacial score (nSPS) is 14.4. The molecule has 1 N–H and O–H groups in total. The van der Waals surface area contributed by atoms with Gasteiger partial charge >= 0.3 is 5.97 Å². The lowest BCUT2D eigenvalue weighted by Crippen LogP contribution is -2.20. The summed E-state index contributed by atoms with van der Waals surface area (Å²) in [7, 11) is 0. The molecule has 1 aromatic heterocycles. The molecule has 0 saturated heterocycles. The van der Waals surface area contributed by atoms with Crippen molar-refractivity contribution in [1.29, 1.82) is 0 Å². The van der Waals surface area contributed by atoms with Crippen molar-refractivity contribution in [1.82, 2.24) is 14.7 Å². The summed E-state index contributed by atoms with van der Waals surface area (Å²) in [5.41, 5.74) is 3.74. The lowest BCUT2D eigenvalue weighted by molar-refractivity contribution is 0.0694. The fourth-order valence-electron chi connectivity index (χ4n) is 2.76. The minimum absolute atomic E-state index is 0.308. The molecule has 2 heterocycles. The summed E-state index contributed by atoms with van der Waals surface area (Å²) < 4.78 is 1.77. The van der Waals surface area contributed by atoms with E-state index in [0.717, 1.165) is 18.8 Å². The number of rotatable bonds is 4. The number of carbonyl (C=O) groups is 1. The quantitative estimate of drug-likeness (QED) is 0.925. The highest BCUT2D eigenvalue weighted by molar-refractivity contribution is 5.88. The van der Waals surface area contributed by atoms with Gasteiger partial charge in [-0.1, -0.05) is 24.3 Å². The molecule has 1 aliphatic heterocycles. The maximum absolute atomic E-state index is 11.3. The van der Waals surface area contributed by atoms with Gasteiger partial charge in [-0.25, -0.2) is 4.79 Å². The van der Waals surface area contributed by atoms with Crippen molar-refractivity contribution in [2.45, 2.75) is 33.1 Å². The molecule has 0 saturated carbocycles. The van der Waals surface area contributed by atoms with E-state index in [0.29, 0.717) is 18.7 Å². The van der Waals surface area contributed by atoms with Gasteiger partial charge in [0.1, 0.15) is 5.56 Å². The van der Waals surface area contributed by atoms with Crippen molar-refractivity contribution in [3.05, 3.63) is 52.8 Å². The molecule has 0 bridgehead atoms. The van der Waals surface area contributed by atoms with Crippen LogP contribution in [0.15, 0.2) is 30.5 Å². The maximum atomic E-state index is 11.3. The van der Waals surface area contributed by atoms with Crippen molar-refractivity contribution in [2.24, 2.45) is 0 Å². The van der Waals surface area contributed by atoms with E-state index in [1.807, 2.05) is 19.1 Å². The molecule has 104 valence electrons. The van der Waals surface area contributed by atoms with Crippen molar-refractivity contribution in [3.8, 4) is 0 Å². The molecule has 0 fully saturated rings. The second-order valence-corrected chi connectivity index (χ2v) is 5.04. The first kappa shape index (κ1) is 12.9. The number of aryl methyl sites for hydroxylation is 1. The predicted octanol–water partition coefficient (Wildman–Crippen LogP) is 2.12. The molecule has 0 spiro atoms. The van der Waals surface area contributed by atoms with Gasteiger partial charge in [0.15, 0.2) is 0 Å². The number of carboxylic acids is 1. The Bertz CT molecular complexity index is 623. The number of nitrogens with zero attached hydrogens (tertiary/aromatic N) is 3. The minimum atomic E-state index is -0.906. The molecule has 0 unspecified atom stereocenters. The second-order valence-electron chi connectivity index (χ2n) is 5.04. The molecule has 1 aliphatic rings. The van der Waals surface area contributed by atoms with Crippen molar-refractivity contribution in [2.75, 3.05) is 0 Å². The first-order valence-electron chi connectivity index (χ1n) is 6.76. The third kappa shape index (κ3) is 2.20. The number of fused-ring (bicyclic) bond motifs is 1. The van der Waals surface area contributed by atoms with Crippen LogP contribution in [-0.2, 0) is 26.2 Å². The molecule has 20 heavy (non-hydrogen) atoms. The van der Waals surface area contributed by atoms with E-state index in [1.54, 1.807) is 4.68 Å². The highest BCUT2D eigenvalue weighted by atomic mass is 16.4. The van der Waals surface area contributed by atoms with Gasteiger partial charge in [-0.3, -0.25) is 9.58 Å². The topological polar surface area (TPSA) is 58.4 Å². The van der Waals surface area contributed by atoms with Gasteiger partial charge in [0, 0.05) is 26.2 Å². The van der Waals surface area contributed by atoms with Gasteiger partial charge in [-0.05, 0) is 18.1 Å². The number of aromatic carboxylic acids is 1. The zero-order chi connectivity index (χ0) is 14.1. The predicted molar refractivity (Wildman–Crippen MR) is 74.3 cm³/mol. The lowest BCUT2D eigenvalue weighted by atomic mass is 10.1. The average molecular weight is 271 g/mol. The molecule has 5 heteroatoms. The molecule has 5 nitrogen and oxygen atoms in total. The zero-order valence-corrected chi connectivity index (χ0v) is 11.4. The Kier molecular flexibility index (Phi) is 3.28. The number of aromatic nitrogens is 2. The van der Waals surface area contributed by atoms with Crippen LogP contribution >= 0.6 is 0 Å². The SMILES string of the molecule is CCn1ncc(C(=O)O)c1CN1Cc2ccccc2C1.